The van der Waals surface area contributed by atoms with E-state index < -0.39 is 16.7 Å². The van der Waals surface area contributed by atoms with E-state index in [0.29, 0.717) is 26.2 Å². The summed E-state index contributed by atoms with van der Waals surface area (Å²) >= 11 is 0. The van der Waals surface area contributed by atoms with Gasteiger partial charge in [0.25, 0.3) is 17.5 Å². The van der Waals surface area contributed by atoms with Gasteiger partial charge in [0.15, 0.2) is 0 Å². The number of amides is 3. The van der Waals surface area contributed by atoms with E-state index in [1.807, 2.05) is 30.3 Å². The SMILES string of the molecule is O=C(CN1C(=O)c2ccc([N+](=O)[O-])cc2C1=O)N1CCN(c2ccccc2)CC1. The fourth-order valence-electron chi connectivity index (χ4n) is 3.62. The minimum Gasteiger partial charge on any atom is -0.368 e. The molecule has 3 amide bonds. The molecule has 0 bridgehead atoms. The number of rotatable bonds is 4. The molecule has 148 valence electrons. The number of carbonyl (C=O) groups is 3. The van der Waals surface area contributed by atoms with E-state index in [4.69, 9.17) is 0 Å². The first-order valence-corrected chi connectivity index (χ1v) is 9.18. The Morgan fingerprint density at radius 1 is 0.931 bits per heavy atom. The molecular formula is C20H18N4O5. The molecule has 0 atom stereocenters. The lowest BCUT2D eigenvalue weighted by atomic mass is 10.1. The van der Waals surface area contributed by atoms with Gasteiger partial charge in [0.2, 0.25) is 5.91 Å². The van der Waals surface area contributed by atoms with Gasteiger partial charge in [0.05, 0.1) is 16.1 Å². The summed E-state index contributed by atoms with van der Waals surface area (Å²) in [4.78, 5) is 52.7. The predicted molar refractivity (Wildman–Crippen MR) is 104 cm³/mol. The summed E-state index contributed by atoms with van der Waals surface area (Å²) in [6.07, 6.45) is 0. The summed E-state index contributed by atoms with van der Waals surface area (Å²) in [6, 6.07) is 13.4. The minimum atomic E-state index is -0.676. The molecule has 1 saturated heterocycles. The van der Waals surface area contributed by atoms with Crippen molar-refractivity contribution in [3.8, 4) is 0 Å². The molecule has 2 aromatic rings. The van der Waals surface area contributed by atoms with Crippen molar-refractivity contribution in [2.24, 2.45) is 0 Å². The van der Waals surface area contributed by atoms with Gasteiger partial charge in [-0.3, -0.25) is 29.4 Å². The zero-order valence-corrected chi connectivity index (χ0v) is 15.5. The number of piperazine rings is 1. The number of anilines is 1. The van der Waals surface area contributed by atoms with Crippen LogP contribution >= 0.6 is 0 Å². The minimum absolute atomic E-state index is 0.0362. The van der Waals surface area contributed by atoms with E-state index in [-0.39, 0.29) is 29.3 Å². The maximum atomic E-state index is 12.7. The Kier molecular flexibility index (Phi) is 4.71. The Morgan fingerprint density at radius 2 is 1.59 bits per heavy atom. The normalized spacial score (nSPS) is 16.2. The van der Waals surface area contributed by atoms with Gasteiger partial charge in [-0.1, -0.05) is 18.2 Å². The maximum Gasteiger partial charge on any atom is 0.270 e. The van der Waals surface area contributed by atoms with Gasteiger partial charge in [-0.25, -0.2) is 0 Å². The third-order valence-electron chi connectivity index (χ3n) is 5.21. The average Bonchev–Trinajstić information content (AvgIpc) is 2.98. The first kappa shape index (κ1) is 18.6. The molecular weight excluding hydrogens is 376 g/mol. The number of para-hydroxylation sites is 1. The number of hydrogen-bond donors (Lipinski definition) is 0. The summed E-state index contributed by atoms with van der Waals surface area (Å²) in [6.45, 7) is 1.92. The van der Waals surface area contributed by atoms with Crippen molar-refractivity contribution < 1.29 is 19.3 Å². The lowest BCUT2D eigenvalue weighted by Crippen LogP contribution is -2.51. The van der Waals surface area contributed by atoms with Crippen LogP contribution in [0.5, 0.6) is 0 Å². The van der Waals surface area contributed by atoms with Crippen molar-refractivity contribution in [3.63, 3.8) is 0 Å². The Morgan fingerprint density at radius 3 is 2.24 bits per heavy atom. The van der Waals surface area contributed by atoms with Crippen molar-refractivity contribution in [2.45, 2.75) is 0 Å². The van der Waals surface area contributed by atoms with Crippen molar-refractivity contribution in [2.75, 3.05) is 37.6 Å². The molecule has 2 aliphatic heterocycles. The largest absolute Gasteiger partial charge is 0.368 e. The Labute approximate surface area is 166 Å². The second-order valence-corrected chi connectivity index (χ2v) is 6.89. The quantitative estimate of drug-likeness (QED) is 0.443. The number of fused-ring (bicyclic) bond motifs is 1. The van der Waals surface area contributed by atoms with Crippen LogP contribution in [0.3, 0.4) is 0 Å². The molecule has 2 aromatic carbocycles. The molecule has 0 radical (unpaired) electrons. The predicted octanol–water partition coefficient (Wildman–Crippen LogP) is 1.54. The Hall–Kier alpha value is -3.75. The van der Waals surface area contributed by atoms with Crippen LogP contribution in [-0.2, 0) is 4.79 Å². The van der Waals surface area contributed by atoms with Crippen LogP contribution < -0.4 is 4.90 Å². The molecule has 0 N–H and O–H groups in total. The number of nitro groups is 1. The number of nitrogens with zero attached hydrogens (tertiary/aromatic N) is 4. The first-order chi connectivity index (χ1) is 14.0. The molecule has 29 heavy (non-hydrogen) atoms. The van der Waals surface area contributed by atoms with Crippen LogP contribution in [0.4, 0.5) is 11.4 Å². The van der Waals surface area contributed by atoms with E-state index in [0.717, 1.165) is 16.7 Å². The molecule has 0 aromatic heterocycles. The van der Waals surface area contributed by atoms with Gasteiger partial charge >= 0.3 is 0 Å². The second-order valence-electron chi connectivity index (χ2n) is 6.89. The summed E-state index contributed by atoms with van der Waals surface area (Å²) in [5.41, 5.74) is 0.866. The van der Waals surface area contributed by atoms with Crippen LogP contribution in [0.15, 0.2) is 48.5 Å². The first-order valence-electron chi connectivity index (χ1n) is 9.18. The van der Waals surface area contributed by atoms with Gasteiger partial charge in [-0.05, 0) is 18.2 Å². The highest BCUT2D eigenvalue weighted by Gasteiger charge is 2.38. The maximum absolute atomic E-state index is 12.7. The fraction of sp³-hybridized carbons (Fsp3) is 0.250. The monoisotopic (exact) mass is 394 g/mol. The van der Waals surface area contributed by atoms with Gasteiger partial charge in [-0.15, -0.1) is 0 Å². The van der Waals surface area contributed by atoms with E-state index in [1.54, 1.807) is 4.90 Å². The lowest BCUT2D eigenvalue weighted by Gasteiger charge is -2.36. The van der Waals surface area contributed by atoms with Crippen molar-refractivity contribution >= 4 is 29.1 Å². The topological polar surface area (TPSA) is 104 Å². The second kappa shape index (κ2) is 7.34. The third kappa shape index (κ3) is 3.42. The molecule has 2 aliphatic rings. The number of non-ortho nitro benzene ring substituents is 1. The smallest absolute Gasteiger partial charge is 0.270 e. The number of hydrogen-bond acceptors (Lipinski definition) is 6. The zero-order chi connectivity index (χ0) is 20.5. The lowest BCUT2D eigenvalue weighted by molar-refractivity contribution is -0.384. The fourth-order valence-corrected chi connectivity index (χ4v) is 3.62. The van der Waals surface area contributed by atoms with E-state index in [9.17, 15) is 24.5 Å². The molecule has 1 fully saturated rings. The average molecular weight is 394 g/mol. The van der Waals surface area contributed by atoms with Crippen LogP contribution in [0, 0.1) is 10.1 Å². The van der Waals surface area contributed by atoms with Gasteiger partial charge in [0, 0.05) is 44.0 Å². The number of nitro benzene ring substituents is 1. The number of carbonyl (C=O) groups excluding carboxylic acids is 3. The number of benzene rings is 2. The highest BCUT2D eigenvalue weighted by atomic mass is 16.6. The standard InChI is InChI=1S/C20H18N4O5/c25-18(22-10-8-21(9-11-22)14-4-2-1-3-5-14)13-23-19(26)16-7-6-15(24(28)29)12-17(16)20(23)27/h1-7,12H,8-11,13H2. The van der Waals surface area contributed by atoms with Crippen molar-refractivity contribution in [1.82, 2.24) is 9.80 Å². The highest BCUT2D eigenvalue weighted by molar-refractivity contribution is 6.22. The summed E-state index contributed by atoms with van der Waals surface area (Å²) in [5, 5.41) is 10.9. The van der Waals surface area contributed by atoms with Crippen molar-refractivity contribution in [1.29, 1.82) is 0 Å². The van der Waals surface area contributed by atoms with Crippen molar-refractivity contribution in [3.05, 3.63) is 69.8 Å². The molecule has 0 unspecified atom stereocenters. The van der Waals surface area contributed by atoms with E-state index >= 15 is 0 Å². The number of imide groups is 1. The Bertz CT molecular complexity index is 999. The van der Waals surface area contributed by atoms with Crippen LogP contribution in [0.1, 0.15) is 20.7 Å². The molecule has 0 spiro atoms. The van der Waals surface area contributed by atoms with Gasteiger partial charge in [-0.2, -0.15) is 0 Å². The molecule has 9 nitrogen and oxygen atoms in total. The van der Waals surface area contributed by atoms with E-state index in [2.05, 4.69) is 4.90 Å². The van der Waals surface area contributed by atoms with Gasteiger partial charge < -0.3 is 9.80 Å². The molecule has 0 saturated carbocycles. The molecule has 0 aliphatic carbocycles. The van der Waals surface area contributed by atoms with Crippen LogP contribution in [-0.4, -0.2) is 65.2 Å². The summed E-state index contributed by atoms with van der Waals surface area (Å²) in [7, 11) is 0. The molecule has 4 rings (SSSR count). The van der Waals surface area contributed by atoms with E-state index in [1.165, 1.54) is 12.1 Å². The summed E-state index contributed by atoms with van der Waals surface area (Å²) in [5.74, 6) is -1.59. The zero-order valence-electron chi connectivity index (χ0n) is 15.5. The van der Waals surface area contributed by atoms with Crippen LogP contribution in [0.2, 0.25) is 0 Å². The highest BCUT2D eigenvalue weighted by Crippen LogP contribution is 2.27. The molecule has 2 heterocycles. The third-order valence-corrected chi connectivity index (χ3v) is 5.21. The Balaban J connectivity index is 1.41. The molecule has 9 heteroatoms. The van der Waals surface area contributed by atoms with Crippen LogP contribution in [0.25, 0.3) is 0 Å². The van der Waals surface area contributed by atoms with Gasteiger partial charge in [0.1, 0.15) is 6.54 Å². The summed E-state index contributed by atoms with van der Waals surface area (Å²) < 4.78 is 0.